The van der Waals surface area contributed by atoms with Gasteiger partial charge in [0.2, 0.25) is 0 Å². The average Bonchev–Trinajstić information content (AvgIpc) is 2.16. The molecule has 12 heavy (non-hydrogen) atoms. The molecule has 0 N–H and O–H groups in total. The summed E-state index contributed by atoms with van der Waals surface area (Å²) in [5.41, 5.74) is 2.43. The number of hydrogen-bond acceptors (Lipinski definition) is 0. The fraction of sp³-hybridized carbons (Fsp3) is 0.273. The Kier molecular flexibility index (Phi) is 3.89. The van der Waals surface area contributed by atoms with Crippen LogP contribution in [-0.2, 0) is 6.42 Å². The summed E-state index contributed by atoms with van der Waals surface area (Å²) in [6.45, 7) is 2.04. The molecule has 0 heterocycles. The zero-order valence-electron chi connectivity index (χ0n) is 7.18. The van der Waals surface area contributed by atoms with Crippen molar-refractivity contribution in [3.05, 3.63) is 47.5 Å². The largest absolute Gasteiger partial charge is 0.122 e. The van der Waals surface area contributed by atoms with Gasteiger partial charge in [0.1, 0.15) is 0 Å². The van der Waals surface area contributed by atoms with Crippen molar-refractivity contribution in [2.75, 3.05) is 5.88 Å². The first kappa shape index (κ1) is 9.34. The van der Waals surface area contributed by atoms with Gasteiger partial charge in [-0.15, -0.1) is 11.6 Å². The topological polar surface area (TPSA) is 0 Å². The van der Waals surface area contributed by atoms with Gasteiger partial charge in [-0.05, 0) is 25.0 Å². The third kappa shape index (κ3) is 3.10. The van der Waals surface area contributed by atoms with E-state index >= 15 is 0 Å². The first-order chi connectivity index (χ1) is 5.83. The van der Waals surface area contributed by atoms with Crippen LogP contribution in [0.5, 0.6) is 0 Å². The maximum Gasteiger partial charge on any atom is 0.0430 e. The van der Waals surface area contributed by atoms with Crippen LogP contribution in [0, 0.1) is 6.07 Å². The Morgan fingerprint density at radius 3 is 3.00 bits per heavy atom. The highest BCUT2D eigenvalue weighted by Gasteiger charge is 1.88. The van der Waals surface area contributed by atoms with Crippen LogP contribution < -0.4 is 0 Å². The molecule has 0 aliphatic carbocycles. The monoisotopic (exact) mass is 179 g/mol. The van der Waals surface area contributed by atoms with E-state index < -0.39 is 0 Å². The summed E-state index contributed by atoms with van der Waals surface area (Å²) in [6, 6.07) is 11.2. The van der Waals surface area contributed by atoms with Gasteiger partial charge in [-0.25, -0.2) is 0 Å². The summed E-state index contributed by atoms with van der Waals surface area (Å²) in [7, 11) is 0. The minimum atomic E-state index is 0.618. The Labute approximate surface area is 78.9 Å². The van der Waals surface area contributed by atoms with E-state index in [1.165, 1.54) is 11.1 Å². The van der Waals surface area contributed by atoms with Crippen LogP contribution in [0.15, 0.2) is 35.9 Å². The van der Waals surface area contributed by atoms with E-state index in [1.54, 1.807) is 0 Å². The molecule has 0 fully saturated rings. The number of alkyl halides is 1. The predicted molar refractivity (Wildman–Crippen MR) is 53.5 cm³/mol. The number of benzene rings is 1. The lowest BCUT2D eigenvalue weighted by molar-refractivity contribution is 1.21. The van der Waals surface area contributed by atoms with Crippen LogP contribution in [0.2, 0.25) is 0 Å². The molecule has 1 rings (SSSR count). The van der Waals surface area contributed by atoms with E-state index in [1.807, 2.05) is 25.1 Å². The van der Waals surface area contributed by atoms with E-state index in [2.05, 4.69) is 18.2 Å². The molecule has 0 atom stereocenters. The molecule has 0 spiro atoms. The molecule has 1 aromatic carbocycles. The van der Waals surface area contributed by atoms with Gasteiger partial charge >= 0.3 is 0 Å². The number of rotatable bonds is 3. The van der Waals surface area contributed by atoms with Crippen molar-refractivity contribution in [3.63, 3.8) is 0 Å². The Morgan fingerprint density at radius 2 is 2.42 bits per heavy atom. The molecular formula is C11H12Cl. The molecule has 0 amide bonds. The molecule has 0 bridgehead atoms. The molecule has 0 nitrogen and oxygen atoms in total. The van der Waals surface area contributed by atoms with Crippen molar-refractivity contribution >= 4 is 11.6 Å². The molecule has 0 aliphatic heterocycles. The predicted octanol–water partition coefficient (Wildman–Crippen LogP) is 3.21. The minimum Gasteiger partial charge on any atom is -0.122 e. The number of halogens is 1. The Bertz CT molecular complexity index is 249. The van der Waals surface area contributed by atoms with Gasteiger partial charge in [0.25, 0.3) is 0 Å². The number of hydrogen-bond donors (Lipinski definition) is 0. The Hall–Kier alpha value is -0.750. The van der Waals surface area contributed by atoms with Gasteiger partial charge in [-0.2, -0.15) is 0 Å². The van der Waals surface area contributed by atoms with Gasteiger partial charge < -0.3 is 0 Å². The van der Waals surface area contributed by atoms with Crippen molar-refractivity contribution in [1.29, 1.82) is 0 Å². The first-order valence-corrected chi connectivity index (χ1v) is 4.53. The lowest BCUT2D eigenvalue weighted by Gasteiger charge is -1.95. The van der Waals surface area contributed by atoms with Gasteiger partial charge in [0.15, 0.2) is 0 Å². The van der Waals surface area contributed by atoms with Crippen LogP contribution in [0.4, 0.5) is 0 Å². The molecule has 1 radical (unpaired) electrons. The van der Waals surface area contributed by atoms with E-state index in [-0.39, 0.29) is 0 Å². The second kappa shape index (κ2) is 5.00. The Balaban J connectivity index is 2.54. The summed E-state index contributed by atoms with van der Waals surface area (Å²) in [5, 5.41) is 0. The van der Waals surface area contributed by atoms with Crippen LogP contribution in [0.3, 0.4) is 0 Å². The van der Waals surface area contributed by atoms with Gasteiger partial charge in [-0.1, -0.05) is 35.9 Å². The average molecular weight is 180 g/mol. The molecule has 1 heteroatoms. The summed E-state index contributed by atoms with van der Waals surface area (Å²) in [6.07, 6.45) is 3.07. The smallest absolute Gasteiger partial charge is 0.0430 e. The molecule has 0 aromatic heterocycles. The maximum absolute atomic E-state index is 5.64. The third-order valence-corrected chi connectivity index (χ3v) is 2.08. The second-order valence-electron chi connectivity index (χ2n) is 2.78. The maximum atomic E-state index is 5.64. The zero-order valence-corrected chi connectivity index (χ0v) is 7.93. The second-order valence-corrected chi connectivity index (χ2v) is 3.04. The van der Waals surface area contributed by atoms with Crippen molar-refractivity contribution in [3.8, 4) is 0 Å². The molecular weight excluding hydrogens is 168 g/mol. The molecule has 0 saturated carbocycles. The Morgan fingerprint density at radius 1 is 1.58 bits per heavy atom. The van der Waals surface area contributed by atoms with E-state index in [0.717, 1.165) is 6.42 Å². The van der Waals surface area contributed by atoms with Crippen LogP contribution in [0.1, 0.15) is 12.5 Å². The SMILES string of the molecule is CC(=CCc1[c]cccc1)CCl. The van der Waals surface area contributed by atoms with E-state index in [9.17, 15) is 0 Å². The van der Waals surface area contributed by atoms with Crippen LogP contribution in [-0.4, -0.2) is 5.88 Å². The van der Waals surface area contributed by atoms with Crippen LogP contribution >= 0.6 is 11.6 Å². The van der Waals surface area contributed by atoms with Crippen molar-refractivity contribution < 1.29 is 0 Å². The highest BCUT2D eigenvalue weighted by atomic mass is 35.5. The van der Waals surface area contributed by atoms with Gasteiger partial charge in [0.05, 0.1) is 0 Å². The fourth-order valence-electron chi connectivity index (χ4n) is 0.896. The highest BCUT2D eigenvalue weighted by Crippen LogP contribution is 2.03. The summed E-state index contributed by atoms with van der Waals surface area (Å²) < 4.78 is 0. The van der Waals surface area contributed by atoms with Crippen molar-refractivity contribution in [1.82, 2.24) is 0 Å². The molecule has 0 saturated heterocycles. The van der Waals surface area contributed by atoms with Crippen molar-refractivity contribution in [2.24, 2.45) is 0 Å². The first-order valence-electron chi connectivity index (χ1n) is 4.00. The molecule has 0 unspecified atom stereocenters. The van der Waals surface area contributed by atoms with E-state index in [4.69, 9.17) is 11.6 Å². The quantitative estimate of drug-likeness (QED) is 0.494. The van der Waals surface area contributed by atoms with Gasteiger partial charge in [-0.3, -0.25) is 0 Å². The van der Waals surface area contributed by atoms with Gasteiger partial charge in [0, 0.05) is 5.88 Å². The molecule has 0 aliphatic rings. The zero-order chi connectivity index (χ0) is 8.81. The highest BCUT2D eigenvalue weighted by molar-refractivity contribution is 6.19. The lowest BCUT2D eigenvalue weighted by Crippen LogP contribution is -1.83. The summed E-state index contributed by atoms with van der Waals surface area (Å²) in [4.78, 5) is 0. The third-order valence-electron chi connectivity index (χ3n) is 1.65. The van der Waals surface area contributed by atoms with E-state index in [0.29, 0.717) is 5.88 Å². The lowest BCUT2D eigenvalue weighted by atomic mass is 10.1. The summed E-state index contributed by atoms with van der Waals surface area (Å²) in [5.74, 6) is 0.618. The van der Waals surface area contributed by atoms with Crippen molar-refractivity contribution in [2.45, 2.75) is 13.3 Å². The summed E-state index contributed by atoms with van der Waals surface area (Å²) >= 11 is 5.64. The molecule has 63 valence electrons. The number of allylic oxidation sites excluding steroid dienone is 2. The fourth-order valence-corrected chi connectivity index (χ4v) is 1.01. The minimum absolute atomic E-state index is 0.618. The normalized spacial score (nSPS) is 11.7. The standard InChI is InChI=1S/C11H12Cl/c1-10(9-12)7-8-11-5-3-2-4-6-11/h2-5,7H,8-9H2,1H3. The van der Waals surface area contributed by atoms with Crippen LogP contribution in [0.25, 0.3) is 0 Å². The molecule has 1 aromatic rings.